The number of carboxylic acids is 1. The quantitative estimate of drug-likeness (QED) is 0.797. The van der Waals surface area contributed by atoms with Crippen molar-refractivity contribution in [1.29, 1.82) is 0 Å². The van der Waals surface area contributed by atoms with Gasteiger partial charge in [0.1, 0.15) is 0 Å². The molecule has 0 radical (unpaired) electrons. The molecule has 0 unspecified atom stereocenters. The highest BCUT2D eigenvalue weighted by atomic mass is 16.5. The maximum atomic E-state index is 13.4. The number of aryl methyl sites for hydroxylation is 1. The third kappa shape index (κ3) is 4.08. The Hall–Kier alpha value is -2.70. The van der Waals surface area contributed by atoms with Crippen LogP contribution in [0, 0.1) is 6.92 Å². The van der Waals surface area contributed by atoms with Crippen molar-refractivity contribution in [3.8, 4) is 0 Å². The molecule has 0 bridgehead atoms. The molecule has 148 valence electrons. The van der Waals surface area contributed by atoms with Crippen LogP contribution in [0.1, 0.15) is 39.9 Å². The van der Waals surface area contributed by atoms with Gasteiger partial charge >= 0.3 is 5.97 Å². The minimum absolute atomic E-state index is 0.113. The summed E-state index contributed by atoms with van der Waals surface area (Å²) in [4.78, 5) is 24.9. The van der Waals surface area contributed by atoms with E-state index in [4.69, 9.17) is 9.47 Å². The topological polar surface area (TPSA) is 84.9 Å². The van der Waals surface area contributed by atoms with Crippen LogP contribution in [0.15, 0.2) is 42.5 Å². The van der Waals surface area contributed by atoms with Crippen molar-refractivity contribution in [2.75, 3.05) is 25.6 Å². The van der Waals surface area contributed by atoms with Gasteiger partial charge in [0, 0.05) is 26.0 Å². The number of methoxy groups -OCH3 is 1. The summed E-state index contributed by atoms with van der Waals surface area (Å²) in [5.74, 6) is -1.19. The van der Waals surface area contributed by atoms with Gasteiger partial charge in [-0.25, -0.2) is 4.79 Å². The molecule has 0 aromatic heterocycles. The number of aromatic carboxylic acids is 1. The van der Waals surface area contributed by atoms with E-state index in [1.54, 1.807) is 19.2 Å². The molecule has 6 nitrogen and oxygen atoms in total. The fourth-order valence-corrected chi connectivity index (χ4v) is 3.84. The molecular weight excluding hydrogens is 358 g/mol. The summed E-state index contributed by atoms with van der Waals surface area (Å²) >= 11 is 0. The van der Waals surface area contributed by atoms with Crippen molar-refractivity contribution in [2.45, 2.75) is 31.8 Å². The summed E-state index contributed by atoms with van der Waals surface area (Å²) in [7, 11) is 1.54. The lowest BCUT2D eigenvalue weighted by Gasteiger charge is -2.37. The van der Waals surface area contributed by atoms with Crippen molar-refractivity contribution in [3.63, 3.8) is 0 Å². The first-order valence-corrected chi connectivity index (χ1v) is 9.28. The van der Waals surface area contributed by atoms with Crippen molar-refractivity contribution < 1.29 is 24.2 Å². The molecule has 3 rings (SSSR count). The number of carboxylic acid groups (broad SMARTS) is 1. The molecule has 2 N–H and O–H groups in total. The third-order valence-corrected chi connectivity index (χ3v) is 5.25. The Morgan fingerprint density at radius 2 is 1.89 bits per heavy atom. The molecule has 1 amide bonds. The monoisotopic (exact) mass is 383 g/mol. The Morgan fingerprint density at radius 3 is 2.54 bits per heavy atom. The first-order chi connectivity index (χ1) is 13.5. The van der Waals surface area contributed by atoms with Gasteiger partial charge in [0.15, 0.2) is 0 Å². The molecule has 1 aliphatic rings. The van der Waals surface area contributed by atoms with Crippen LogP contribution in [0.25, 0.3) is 0 Å². The second-order valence-corrected chi connectivity index (χ2v) is 7.12. The SMILES string of the molecule is COCc1cc(NC(=O)C2(c3ccccc3C)CCOCC2)cc(C(=O)O)c1. The first kappa shape index (κ1) is 20.0. The summed E-state index contributed by atoms with van der Waals surface area (Å²) in [6.07, 6.45) is 1.15. The molecule has 0 spiro atoms. The van der Waals surface area contributed by atoms with E-state index in [0.717, 1.165) is 11.1 Å². The Labute approximate surface area is 164 Å². The fourth-order valence-electron chi connectivity index (χ4n) is 3.84. The van der Waals surface area contributed by atoms with Gasteiger partial charge in [-0.15, -0.1) is 0 Å². The van der Waals surface area contributed by atoms with E-state index >= 15 is 0 Å². The summed E-state index contributed by atoms with van der Waals surface area (Å²) in [5.41, 5.74) is 2.60. The van der Waals surface area contributed by atoms with Crippen LogP contribution in [0.3, 0.4) is 0 Å². The van der Waals surface area contributed by atoms with Crippen LogP contribution >= 0.6 is 0 Å². The molecule has 0 saturated carbocycles. The molecule has 2 aromatic rings. The van der Waals surface area contributed by atoms with Crippen molar-refractivity contribution >= 4 is 17.6 Å². The lowest BCUT2D eigenvalue weighted by atomic mass is 9.71. The summed E-state index contributed by atoms with van der Waals surface area (Å²) in [6, 6.07) is 12.7. The molecule has 1 aliphatic heterocycles. The predicted molar refractivity (Wildman–Crippen MR) is 106 cm³/mol. The van der Waals surface area contributed by atoms with Gasteiger partial charge in [-0.05, 0) is 54.7 Å². The predicted octanol–water partition coefficient (Wildman–Crippen LogP) is 3.53. The van der Waals surface area contributed by atoms with Gasteiger partial charge in [-0.2, -0.15) is 0 Å². The smallest absolute Gasteiger partial charge is 0.335 e. The van der Waals surface area contributed by atoms with Crippen LogP contribution < -0.4 is 5.32 Å². The zero-order valence-corrected chi connectivity index (χ0v) is 16.2. The summed E-state index contributed by atoms with van der Waals surface area (Å²) < 4.78 is 10.6. The largest absolute Gasteiger partial charge is 0.478 e. The van der Waals surface area contributed by atoms with E-state index in [9.17, 15) is 14.7 Å². The van der Waals surface area contributed by atoms with Crippen LogP contribution in [0.4, 0.5) is 5.69 Å². The fraction of sp³-hybridized carbons (Fsp3) is 0.364. The number of rotatable bonds is 6. The van der Waals surface area contributed by atoms with E-state index in [1.165, 1.54) is 6.07 Å². The van der Waals surface area contributed by atoms with Crippen LogP contribution in [-0.4, -0.2) is 37.3 Å². The minimum atomic E-state index is -1.05. The molecule has 0 aliphatic carbocycles. The van der Waals surface area contributed by atoms with Crippen molar-refractivity contribution in [1.82, 2.24) is 0 Å². The third-order valence-electron chi connectivity index (χ3n) is 5.25. The first-order valence-electron chi connectivity index (χ1n) is 9.28. The van der Waals surface area contributed by atoms with Gasteiger partial charge in [0.05, 0.1) is 17.6 Å². The highest BCUT2D eigenvalue weighted by molar-refractivity contribution is 6.00. The maximum absolute atomic E-state index is 13.4. The van der Waals surface area contributed by atoms with Gasteiger partial charge in [-0.1, -0.05) is 24.3 Å². The zero-order valence-electron chi connectivity index (χ0n) is 16.2. The molecule has 1 saturated heterocycles. The summed E-state index contributed by atoms with van der Waals surface area (Å²) in [6.45, 7) is 3.28. The average Bonchev–Trinajstić information content (AvgIpc) is 2.69. The second kappa shape index (κ2) is 8.54. The van der Waals surface area contributed by atoms with E-state index in [2.05, 4.69) is 5.32 Å². The van der Waals surface area contributed by atoms with Crippen LogP contribution in [-0.2, 0) is 26.3 Å². The Kier molecular flexibility index (Phi) is 6.11. The number of carbonyl (C=O) groups excluding carboxylic acids is 1. The number of benzene rings is 2. The van der Waals surface area contributed by atoms with Crippen LogP contribution in [0.5, 0.6) is 0 Å². The van der Waals surface area contributed by atoms with Gasteiger partial charge in [0.2, 0.25) is 5.91 Å². The Morgan fingerprint density at radius 1 is 1.18 bits per heavy atom. The van der Waals surface area contributed by atoms with Crippen LogP contribution in [0.2, 0.25) is 0 Å². The number of carbonyl (C=O) groups is 2. The Bertz CT molecular complexity index is 871. The zero-order chi connectivity index (χ0) is 20.1. The van der Waals surface area contributed by atoms with Crippen molar-refractivity contribution in [3.05, 3.63) is 64.7 Å². The highest BCUT2D eigenvalue weighted by Gasteiger charge is 2.42. The number of hydrogen-bond acceptors (Lipinski definition) is 4. The normalized spacial score (nSPS) is 15.8. The number of hydrogen-bond donors (Lipinski definition) is 2. The second-order valence-electron chi connectivity index (χ2n) is 7.12. The number of anilines is 1. The minimum Gasteiger partial charge on any atom is -0.478 e. The maximum Gasteiger partial charge on any atom is 0.335 e. The number of amides is 1. The molecule has 2 aromatic carbocycles. The highest BCUT2D eigenvalue weighted by Crippen LogP contribution is 2.38. The Balaban J connectivity index is 1.97. The van der Waals surface area contributed by atoms with Gasteiger partial charge in [0.25, 0.3) is 0 Å². The lowest BCUT2D eigenvalue weighted by molar-refractivity contribution is -0.125. The van der Waals surface area contributed by atoms with Gasteiger partial charge < -0.3 is 19.9 Å². The standard InChI is InChI=1S/C22H25NO5/c1-15-5-3-4-6-19(15)22(7-9-28-10-8-22)21(26)23-18-12-16(14-27-2)11-17(13-18)20(24)25/h3-6,11-13H,7-10,14H2,1-2H3,(H,23,26)(H,24,25). The molecule has 1 fully saturated rings. The lowest BCUT2D eigenvalue weighted by Crippen LogP contribution is -2.45. The van der Waals surface area contributed by atoms with E-state index < -0.39 is 11.4 Å². The van der Waals surface area contributed by atoms with E-state index in [1.807, 2.05) is 31.2 Å². The molecule has 28 heavy (non-hydrogen) atoms. The molecular formula is C22H25NO5. The molecule has 6 heteroatoms. The number of ether oxygens (including phenoxy) is 2. The molecule has 0 atom stereocenters. The average molecular weight is 383 g/mol. The van der Waals surface area contributed by atoms with Crippen molar-refractivity contribution in [2.24, 2.45) is 0 Å². The molecule has 1 heterocycles. The van der Waals surface area contributed by atoms with Gasteiger partial charge in [-0.3, -0.25) is 4.79 Å². The van der Waals surface area contributed by atoms with E-state index in [0.29, 0.717) is 37.3 Å². The summed E-state index contributed by atoms with van der Waals surface area (Å²) in [5, 5.41) is 12.3. The van der Waals surface area contributed by atoms with E-state index in [-0.39, 0.29) is 18.1 Å². The number of nitrogens with one attached hydrogen (secondary N) is 1.